The summed E-state index contributed by atoms with van der Waals surface area (Å²) in [6, 6.07) is 14.9. The van der Waals surface area contributed by atoms with Crippen LogP contribution in [0.5, 0.6) is 0 Å². The first-order chi connectivity index (χ1) is 14.9. The summed E-state index contributed by atoms with van der Waals surface area (Å²) in [5.74, 6) is 0.129. The Morgan fingerprint density at radius 2 is 1.77 bits per heavy atom. The van der Waals surface area contributed by atoms with Crippen molar-refractivity contribution < 1.29 is 13.2 Å². The van der Waals surface area contributed by atoms with E-state index in [0.717, 1.165) is 42.3 Å². The molecule has 3 aliphatic rings. The topological polar surface area (TPSA) is 93.5 Å². The Bertz CT molecular complexity index is 1080. The second-order valence-electron chi connectivity index (χ2n) is 8.30. The highest BCUT2D eigenvalue weighted by molar-refractivity contribution is 7.92. The number of benzene rings is 2. The molecular weight excluding hydrogens is 412 g/mol. The number of nitriles is 1. The van der Waals surface area contributed by atoms with Crippen molar-refractivity contribution in [3.05, 3.63) is 59.7 Å². The lowest BCUT2D eigenvalue weighted by Gasteiger charge is -2.45. The minimum absolute atomic E-state index is 0.0555. The number of amides is 1. The smallest absolute Gasteiger partial charge is 0.264 e. The quantitative estimate of drug-likeness (QED) is 0.747. The molecule has 5 rings (SSSR count). The van der Waals surface area contributed by atoms with Gasteiger partial charge in [0.25, 0.3) is 10.0 Å². The number of carbonyl (C=O) groups is 1. The Kier molecular flexibility index (Phi) is 5.99. The van der Waals surface area contributed by atoms with Crippen LogP contribution in [-0.2, 0) is 14.8 Å². The molecule has 0 aliphatic carbocycles. The van der Waals surface area contributed by atoms with E-state index in [1.54, 1.807) is 48.5 Å². The van der Waals surface area contributed by atoms with Crippen molar-refractivity contribution >= 4 is 21.6 Å². The fraction of sp³-hybridized carbons (Fsp3) is 0.391. The number of sulfonamides is 1. The van der Waals surface area contributed by atoms with Crippen molar-refractivity contribution in [1.29, 1.82) is 5.26 Å². The zero-order valence-corrected chi connectivity index (χ0v) is 18.3. The summed E-state index contributed by atoms with van der Waals surface area (Å²) in [5, 5.41) is 12.1. The lowest BCUT2D eigenvalue weighted by molar-refractivity contribution is -0.121. The van der Waals surface area contributed by atoms with Gasteiger partial charge in [-0.25, -0.2) is 8.42 Å². The highest BCUT2D eigenvalue weighted by Gasteiger charge is 2.36. The molecular formula is C23H26N4O3S. The summed E-state index contributed by atoms with van der Waals surface area (Å²) in [4.78, 5) is 15.4. The Hall–Kier alpha value is -2.89. The minimum Gasteiger partial charge on any atom is -0.350 e. The number of carbonyl (C=O) groups excluding carboxylic acids is 1. The number of aryl methyl sites for hydroxylation is 1. The van der Waals surface area contributed by atoms with Crippen LogP contribution in [0.4, 0.5) is 5.69 Å². The van der Waals surface area contributed by atoms with Gasteiger partial charge in [-0.3, -0.25) is 9.10 Å². The molecule has 3 heterocycles. The van der Waals surface area contributed by atoms with Gasteiger partial charge in [0.05, 0.1) is 22.2 Å². The molecule has 0 saturated carbocycles. The molecule has 7 nitrogen and oxygen atoms in total. The van der Waals surface area contributed by atoms with Crippen LogP contribution in [0, 0.1) is 24.2 Å². The molecule has 3 saturated heterocycles. The van der Waals surface area contributed by atoms with Crippen LogP contribution in [-0.4, -0.2) is 51.4 Å². The average molecular weight is 439 g/mol. The molecule has 1 N–H and O–H groups in total. The summed E-state index contributed by atoms with van der Waals surface area (Å²) in [6.07, 6.45) is 2.12. The van der Waals surface area contributed by atoms with Gasteiger partial charge in [-0.1, -0.05) is 17.7 Å². The van der Waals surface area contributed by atoms with Crippen LogP contribution in [0.25, 0.3) is 0 Å². The third kappa shape index (κ3) is 4.58. The van der Waals surface area contributed by atoms with E-state index in [1.165, 1.54) is 0 Å². The van der Waals surface area contributed by atoms with Crippen molar-refractivity contribution in [2.24, 2.45) is 5.92 Å². The summed E-state index contributed by atoms with van der Waals surface area (Å²) >= 11 is 0. The third-order valence-electron chi connectivity index (χ3n) is 6.18. The van der Waals surface area contributed by atoms with E-state index < -0.39 is 10.0 Å². The van der Waals surface area contributed by atoms with Crippen LogP contribution in [0.2, 0.25) is 0 Å². The number of hydrogen-bond donors (Lipinski definition) is 1. The average Bonchev–Trinajstić information content (AvgIpc) is 2.78. The molecule has 1 atom stereocenters. The lowest BCUT2D eigenvalue weighted by atomic mass is 9.84. The molecule has 2 aromatic rings. The fourth-order valence-corrected chi connectivity index (χ4v) is 5.79. The van der Waals surface area contributed by atoms with E-state index in [9.17, 15) is 13.2 Å². The molecule has 2 bridgehead atoms. The third-order valence-corrected chi connectivity index (χ3v) is 7.97. The summed E-state index contributed by atoms with van der Waals surface area (Å²) in [6.45, 7) is 4.52. The Morgan fingerprint density at radius 1 is 1.13 bits per heavy atom. The Labute approximate surface area is 183 Å². The first-order valence-corrected chi connectivity index (χ1v) is 11.9. The predicted octanol–water partition coefficient (Wildman–Crippen LogP) is 2.27. The lowest BCUT2D eigenvalue weighted by Crippen LogP contribution is -2.58. The van der Waals surface area contributed by atoms with Crippen LogP contribution in [0.15, 0.2) is 53.4 Å². The van der Waals surface area contributed by atoms with E-state index in [-0.39, 0.29) is 23.4 Å². The van der Waals surface area contributed by atoms with Crippen molar-refractivity contribution in [2.45, 2.75) is 30.7 Å². The molecule has 0 radical (unpaired) electrons. The molecule has 8 heteroatoms. The number of rotatable bonds is 6. The van der Waals surface area contributed by atoms with E-state index in [2.05, 4.69) is 10.2 Å². The first kappa shape index (κ1) is 21.3. The zero-order chi connectivity index (χ0) is 22.0. The molecule has 0 unspecified atom stereocenters. The second-order valence-corrected chi connectivity index (χ2v) is 10.2. The van der Waals surface area contributed by atoms with Gasteiger partial charge >= 0.3 is 0 Å². The number of anilines is 1. The van der Waals surface area contributed by atoms with Crippen LogP contribution >= 0.6 is 0 Å². The maximum absolute atomic E-state index is 13.4. The SMILES string of the molecule is Cc1ccc(S(=O)(=O)N(CC(=O)N[C@@H]2CN3CCC2CC3)c2ccc(C#N)cc2)cc1. The van der Waals surface area contributed by atoms with Gasteiger partial charge in [0, 0.05) is 12.6 Å². The number of nitrogens with one attached hydrogen (secondary N) is 1. The zero-order valence-electron chi connectivity index (χ0n) is 17.5. The highest BCUT2D eigenvalue weighted by atomic mass is 32.2. The standard InChI is InChI=1S/C23H26N4O3S/c1-17-2-8-21(9-3-17)31(29,30)27(20-6-4-18(14-24)5-7-20)16-23(28)25-22-15-26-12-10-19(22)11-13-26/h2-9,19,22H,10-13,15-16H2,1H3,(H,25,28)/t22-/m1/s1. The number of nitrogens with zero attached hydrogens (tertiary/aromatic N) is 3. The Morgan fingerprint density at radius 3 is 2.32 bits per heavy atom. The second kappa shape index (κ2) is 8.69. The van der Waals surface area contributed by atoms with Crippen molar-refractivity contribution in [3.63, 3.8) is 0 Å². The van der Waals surface area contributed by atoms with Gasteiger partial charge in [-0.2, -0.15) is 5.26 Å². The summed E-state index contributed by atoms with van der Waals surface area (Å²) in [5.41, 5.74) is 1.72. The van der Waals surface area contributed by atoms with Crippen LogP contribution < -0.4 is 9.62 Å². The molecule has 3 fully saturated rings. The molecule has 31 heavy (non-hydrogen) atoms. The summed E-state index contributed by atoms with van der Waals surface area (Å²) < 4.78 is 28.0. The van der Waals surface area contributed by atoms with E-state index in [0.29, 0.717) is 17.2 Å². The van der Waals surface area contributed by atoms with Gasteiger partial charge in [-0.05, 0) is 75.2 Å². The largest absolute Gasteiger partial charge is 0.350 e. The monoisotopic (exact) mass is 438 g/mol. The van der Waals surface area contributed by atoms with E-state index in [4.69, 9.17) is 5.26 Å². The van der Waals surface area contributed by atoms with Gasteiger partial charge in [0.15, 0.2) is 0 Å². The molecule has 0 aromatic heterocycles. The molecule has 162 valence electrons. The summed E-state index contributed by atoms with van der Waals surface area (Å²) in [7, 11) is -3.96. The van der Waals surface area contributed by atoms with Gasteiger partial charge in [-0.15, -0.1) is 0 Å². The normalized spacial score (nSPS) is 22.5. The first-order valence-electron chi connectivity index (χ1n) is 10.5. The van der Waals surface area contributed by atoms with Gasteiger partial charge < -0.3 is 10.2 Å². The van der Waals surface area contributed by atoms with Gasteiger partial charge in [0.1, 0.15) is 6.54 Å². The fourth-order valence-electron chi connectivity index (χ4n) is 4.37. The van der Waals surface area contributed by atoms with Crippen molar-refractivity contribution in [3.8, 4) is 6.07 Å². The molecule has 2 aromatic carbocycles. The molecule has 0 spiro atoms. The number of piperidine rings is 3. The van der Waals surface area contributed by atoms with Crippen LogP contribution in [0.1, 0.15) is 24.0 Å². The van der Waals surface area contributed by atoms with Crippen molar-refractivity contribution in [1.82, 2.24) is 10.2 Å². The maximum Gasteiger partial charge on any atom is 0.264 e. The van der Waals surface area contributed by atoms with E-state index >= 15 is 0 Å². The molecule has 1 amide bonds. The van der Waals surface area contributed by atoms with Crippen LogP contribution in [0.3, 0.4) is 0 Å². The predicted molar refractivity (Wildman–Crippen MR) is 118 cm³/mol. The maximum atomic E-state index is 13.4. The number of fused-ring (bicyclic) bond motifs is 3. The van der Waals surface area contributed by atoms with E-state index in [1.807, 2.05) is 13.0 Å². The van der Waals surface area contributed by atoms with Crippen molar-refractivity contribution in [2.75, 3.05) is 30.5 Å². The molecule has 3 aliphatic heterocycles. The van der Waals surface area contributed by atoms with Gasteiger partial charge in [0.2, 0.25) is 5.91 Å². The Balaban J connectivity index is 1.59. The highest BCUT2D eigenvalue weighted by Crippen LogP contribution is 2.28. The minimum atomic E-state index is -3.96. The number of hydrogen-bond acceptors (Lipinski definition) is 5.